The fraction of sp³-hybridized carbons (Fsp3) is 0.190. The highest BCUT2D eigenvalue weighted by atomic mass is 16.7. The molecule has 4 heterocycles. The Balaban J connectivity index is 1.81. The molecular formula is C21H17N5O5. The molecule has 5 rings (SSSR count). The number of pyridine rings is 1. The van der Waals surface area contributed by atoms with Crippen molar-refractivity contribution in [3.63, 3.8) is 0 Å². The van der Waals surface area contributed by atoms with E-state index in [2.05, 4.69) is 21.3 Å². The minimum absolute atomic E-state index is 0.0280. The van der Waals surface area contributed by atoms with Crippen molar-refractivity contribution in [3.8, 4) is 46.2 Å². The van der Waals surface area contributed by atoms with Gasteiger partial charge in [-0.15, -0.1) is 5.10 Å². The third-order valence-corrected chi connectivity index (χ3v) is 5.22. The van der Waals surface area contributed by atoms with Gasteiger partial charge in [0, 0.05) is 23.5 Å². The Kier molecular flexibility index (Phi) is 4.29. The quantitative estimate of drug-likeness (QED) is 0.653. The first-order valence-electron chi connectivity index (χ1n) is 9.28. The normalized spacial score (nSPS) is 16.4. The number of nitriles is 1. The third kappa shape index (κ3) is 2.71. The number of allylic oxidation sites excluding steroid dienone is 1. The summed E-state index contributed by atoms with van der Waals surface area (Å²) < 4.78 is 28.1. The lowest BCUT2D eigenvalue weighted by atomic mass is 9.82. The lowest BCUT2D eigenvalue weighted by Gasteiger charge is -2.26. The van der Waals surface area contributed by atoms with Gasteiger partial charge in [-0.2, -0.15) is 5.26 Å². The molecular weight excluding hydrogens is 402 g/mol. The molecule has 0 fully saturated rings. The van der Waals surface area contributed by atoms with Gasteiger partial charge in [-0.25, -0.2) is 0 Å². The fourth-order valence-corrected chi connectivity index (χ4v) is 3.90. The lowest BCUT2D eigenvalue weighted by molar-refractivity contribution is 0.168. The minimum atomic E-state index is -0.666. The molecule has 0 saturated carbocycles. The number of rotatable bonds is 4. The number of ether oxygens (including phenoxy) is 5. The molecule has 0 spiro atoms. The summed E-state index contributed by atoms with van der Waals surface area (Å²) in [5.41, 5.74) is 8.94. The Hall–Kier alpha value is -4.39. The van der Waals surface area contributed by atoms with Crippen LogP contribution in [0.15, 0.2) is 42.0 Å². The number of hydrogen-bond acceptors (Lipinski definition) is 9. The Morgan fingerprint density at radius 3 is 2.81 bits per heavy atom. The van der Waals surface area contributed by atoms with Crippen molar-refractivity contribution in [3.05, 3.63) is 53.2 Å². The van der Waals surface area contributed by atoms with Crippen molar-refractivity contribution < 1.29 is 23.7 Å². The largest absolute Gasteiger partial charge is 0.493 e. The van der Waals surface area contributed by atoms with Crippen LogP contribution in [-0.4, -0.2) is 36.2 Å². The van der Waals surface area contributed by atoms with Crippen molar-refractivity contribution in [2.75, 3.05) is 21.0 Å². The van der Waals surface area contributed by atoms with Crippen LogP contribution in [0.3, 0.4) is 0 Å². The number of methoxy groups -OCH3 is 2. The van der Waals surface area contributed by atoms with Crippen LogP contribution in [0.25, 0.3) is 11.3 Å². The van der Waals surface area contributed by atoms with Gasteiger partial charge in [-0.1, -0.05) is 0 Å². The van der Waals surface area contributed by atoms with E-state index < -0.39 is 5.92 Å². The standard InChI is InChI=1S/C21H17N5O5/c1-27-13-6-11(17(28-2)19-18(13)29-9-30-19)14-12(7-22)20(23)31-21-15(14)16(25-26-21)10-4-3-5-24-8-10/h3-6,8,14H,9,23H2,1-2H3,(H,25,26). The summed E-state index contributed by atoms with van der Waals surface area (Å²) in [4.78, 5) is 4.18. The average molecular weight is 419 g/mol. The molecule has 3 aromatic rings. The summed E-state index contributed by atoms with van der Waals surface area (Å²) in [7, 11) is 3.04. The SMILES string of the molecule is COc1cc(C2C(C#N)=C(N)Oc3n[nH]c(-c4cccnc4)c32)c(OC)c2c1OCO2. The van der Waals surface area contributed by atoms with Gasteiger partial charge >= 0.3 is 0 Å². The summed E-state index contributed by atoms with van der Waals surface area (Å²) in [6.45, 7) is 0.0280. The van der Waals surface area contributed by atoms with Crippen LogP contribution in [0.4, 0.5) is 0 Å². The van der Waals surface area contributed by atoms with Crippen LogP contribution >= 0.6 is 0 Å². The number of nitrogens with one attached hydrogen (secondary N) is 1. The van der Waals surface area contributed by atoms with Crippen molar-refractivity contribution in [1.29, 1.82) is 5.26 Å². The molecule has 0 aliphatic carbocycles. The van der Waals surface area contributed by atoms with Crippen LogP contribution in [-0.2, 0) is 0 Å². The van der Waals surface area contributed by atoms with Crippen LogP contribution in [0.2, 0.25) is 0 Å². The number of fused-ring (bicyclic) bond motifs is 2. The summed E-state index contributed by atoms with van der Waals surface area (Å²) >= 11 is 0. The van der Waals surface area contributed by atoms with E-state index in [0.29, 0.717) is 39.8 Å². The number of aromatic amines is 1. The lowest BCUT2D eigenvalue weighted by Crippen LogP contribution is -2.21. The number of nitrogens with two attached hydrogens (primary N) is 1. The van der Waals surface area contributed by atoms with Gasteiger partial charge in [0.15, 0.2) is 11.5 Å². The molecule has 3 N–H and O–H groups in total. The topological polar surface area (TPSA) is 138 Å². The van der Waals surface area contributed by atoms with Gasteiger partial charge in [-0.3, -0.25) is 10.1 Å². The predicted octanol–water partition coefficient (Wildman–Crippen LogP) is 2.44. The highest BCUT2D eigenvalue weighted by molar-refractivity contribution is 5.74. The molecule has 2 aromatic heterocycles. The Bertz CT molecular complexity index is 1250. The van der Waals surface area contributed by atoms with Crippen molar-refractivity contribution in [2.45, 2.75) is 5.92 Å². The maximum atomic E-state index is 9.96. The predicted molar refractivity (Wildman–Crippen MR) is 107 cm³/mol. The second-order valence-corrected chi connectivity index (χ2v) is 6.75. The van der Waals surface area contributed by atoms with Gasteiger partial charge in [-0.05, 0) is 18.2 Å². The van der Waals surface area contributed by atoms with E-state index in [1.165, 1.54) is 14.2 Å². The number of benzene rings is 1. The molecule has 1 aromatic carbocycles. The number of H-pyrrole nitrogens is 1. The first-order valence-corrected chi connectivity index (χ1v) is 9.28. The van der Waals surface area contributed by atoms with E-state index in [4.69, 9.17) is 29.4 Å². The average Bonchev–Trinajstić information content (AvgIpc) is 3.45. The van der Waals surface area contributed by atoms with E-state index in [0.717, 1.165) is 5.56 Å². The first-order chi connectivity index (χ1) is 15.2. The summed E-state index contributed by atoms with van der Waals surface area (Å²) in [5, 5.41) is 17.2. The molecule has 10 heteroatoms. The Morgan fingerprint density at radius 1 is 1.26 bits per heavy atom. The molecule has 1 atom stereocenters. The molecule has 1 unspecified atom stereocenters. The van der Waals surface area contributed by atoms with Crippen LogP contribution in [0.1, 0.15) is 17.0 Å². The smallest absolute Gasteiger partial charge is 0.244 e. The zero-order chi connectivity index (χ0) is 21.5. The van der Waals surface area contributed by atoms with Gasteiger partial charge in [0.05, 0.1) is 31.4 Å². The highest BCUT2D eigenvalue weighted by Crippen LogP contribution is 2.55. The zero-order valence-electron chi connectivity index (χ0n) is 16.6. The zero-order valence-corrected chi connectivity index (χ0v) is 16.6. The maximum absolute atomic E-state index is 9.96. The van der Waals surface area contributed by atoms with Crippen molar-refractivity contribution >= 4 is 0 Å². The minimum Gasteiger partial charge on any atom is -0.493 e. The summed E-state index contributed by atoms with van der Waals surface area (Å²) in [5.74, 6) is 1.24. The fourth-order valence-electron chi connectivity index (χ4n) is 3.90. The van der Waals surface area contributed by atoms with E-state index in [1.54, 1.807) is 24.5 Å². The molecule has 0 bridgehead atoms. The van der Waals surface area contributed by atoms with Gasteiger partial charge in [0.25, 0.3) is 0 Å². The molecule has 2 aliphatic rings. The second-order valence-electron chi connectivity index (χ2n) is 6.75. The third-order valence-electron chi connectivity index (χ3n) is 5.22. The van der Waals surface area contributed by atoms with E-state index in [-0.39, 0.29) is 24.1 Å². The van der Waals surface area contributed by atoms with Gasteiger partial charge in [0.2, 0.25) is 30.1 Å². The Morgan fingerprint density at radius 2 is 2.10 bits per heavy atom. The van der Waals surface area contributed by atoms with E-state index >= 15 is 0 Å². The van der Waals surface area contributed by atoms with E-state index in [1.807, 2.05) is 6.07 Å². The molecule has 2 aliphatic heterocycles. The van der Waals surface area contributed by atoms with Gasteiger partial charge in [0.1, 0.15) is 11.6 Å². The monoisotopic (exact) mass is 419 g/mol. The molecule has 0 radical (unpaired) electrons. The summed E-state index contributed by atoms with van der Waals surface area (Å²) in [6, 6.07) is 7.60. The maximum Gasteiger partial charge on any atom is 0.244 e. The van der Waals surface area contributed by atoms with Crippen LogP contribution in [0, 0.1) is 11.3 Å². The summed E-state index contributed by atoms with van der Waals surface area (Å²) in [6.07, 6.45) is 3.36. The van der Waals surface area contributed by atoms with Gasteiger partial charge < -0.3 is 29.4 Å². The number of aromatic nitrogens is 3. The van der Waals surface area contributed by atoms with Crippen molar-refractivity contribution in [2.24, 2.45) is 5.73 Å². The number of hydrogen-bond donors (Lipinski definition) is 2. The highest BCUT2D eigenvalue weighted by Gasteiger charge is 2.40. The number of nitrogens with zero attached hydrogens (tertiary/aromatic N) is 3. The van der Waals surface area contributed by atoms with Crippen LogP contribution < -0.4 is 29.4 Å². The Labute approximate surface area is 176 Å². The first kappa shape index (κ1) is 18.6. The van der Waals surface area contributed by atoms with Crippen molar-refractivity contribution in [1.82, 2.24) is 15.2 Å². The molecule has 31 heavy (non-hydrogen) atoms. The molecule has 0 amide bonds. The molecule has 0 saturated heterocycles. The molecule has 156 valence electrons. The molecule has 10 nitrogen and oxygen atoms in total. The van der Waals surface area contributed by atoms with E-state index in [9.17, 15) is 5.26 Å². The van der Waals surface area contributed by atoms with Crippen LogP contribution in [0.5, 0.6) is 28.9 Å². The second kappa shape index (κ2) is 7.14.